The van der Waals surface area contributed by atoms with E-state index in [-0.39, 0.29) is 16.9 Å². The van der Waals surface area contributed by atoms with E-state index < -0.39 is 57.5 Å². The maximum absolute atomic E-state index is 13.5. The molecule has 5 rings (SSSR count). The second kappa shape index (κ2) is 11.2. The number of nitrogens with zero attached hydrogens (tertiary/aromatic N) is 2. The second-order valence-corrected chi connectivity index (χ2v) is 12.1. The Labute approximate surface area is 243 Å². The lowest BCUT2D eigenvalue weighted by Gasteiger charge is -2.44. The molecule has 2 saturated heterocycles. The Morgan fingerprint density at radius 2 is 1.81 bits per heavy atom. The number of amides is 3. The number of β-lactam (4-membered cyclic amide) rings is 1. The minimum atomic E-state index is -1.34. The fourth-order valence-electron chi connectivity index (χ4n) is 4.97. The molecule has 4 heterocycles. The summed E-state index contributed by atoms with van der Waals surface area (Å²) in [6.07, 6.45) is 4.96. The summed E-state index contributed by atoms with van der Waals surface area (Å²) in [7, 11) is 0. The SMILES string of the molecule is CC1(C)S[C@@H]2[C@H](NC(=O)[C@@H](NC(=O)c3ccc(/C=C/c4ccccn4)[nH]c3=O)c3ccc(O)cc3)C(=O)N2[C@H]1C(=O)O. The van der Waals surface area contributed by atoms with Gasteiger partial charge in [0.25, 0.3) is 11.5 Å². The molecule has 3 amide bonds. The number of carboxylic acids is 1. The van der Waals surface area contributed by atoms with Gasteiger partial charge < -0.3 is 30.7 Å². The molecule has 0 bridgehead atoms. The highest BCUT2D eigenvalue weighted by molar-refractivity contribution is 8.01. The Hall–Kier alpha value is -4.91. The number of carboxylic acid groups (broad SMARTS) is 1. The van der Waals surface area contributed by atoms with Crippen LogP contribution in [0.5, 0.6) is 5.75 Å². The van der Waals surface area contributed by atoms with Crippen LogP contribution >= 0.6 is 11.8 Å². The quantitative estimate of drug-likeness (QED) is 0.245. The van der Waals surface area contributed by atoms with Crippen molar-refractivity contribution >= 4 is 47.6 Å². The van der Waals surface area contributed by atoms with Gasteiger partial charge in [-0.1, -0.05) is 18.2 Å². The van der Waals surface area contributed by atoms with Crippen molar-refractivity contribution in [2.45, 2.75) is 42.1 Å². The van der Waals surface area contributed by atoms with E-state index in [0.717, 1.165) is 0 Å². The number of pyridine rings is 2. The van der Waals surface area contributed by atoms with E-state index in [0.29, 0.717) is 11.4 Å². The first-order valence-corrected chi connectivity index (χ1v) is 13.8. The Kier molecular flexibility index (Phi) is 7.61. The Morgan fingerprint density at radius 3 is 2.45 bits per heavy atom. The normalized spacial score (nSPS) is 21.3. The Morgan fingerprint density at radius 1 is 1.07 bits per heavy atom. The van der Waals surface area contributed by atoms with E-state index in [2.05, 4.69) is 20.6 Å². The molecule has 0 unspecified atom stereocenters. The highest BCUT2D eigenvalue weighted by Gasteiger charge is 2.64. The van der Waals surface area contributed by atoms with E-state index >= 15 is 0 Å². The number of phenols is 1. The first-order valence-electron chi connectivity index (χ1n) is 12.9. The van der Waals surface area contributed by atoms with Gasteiger partial charge in [-0.2, -0.15) is 0 Å². The molecule has 0 radical (unpaired) electrons. The van der Waals surface area contributed by atoms with Gasteiger partial charge >= 0.3 is 5.97 Å². The fraction of sp³-hybridized carbons (Fsp3) is 0.241. The van der Waals surface area contributed by atoms with E-state index in [1.54, 1.807) is 44.3 Å². The van der Waals surface area contributed by atoms with Gasteiger partial charge in [-0.25, -0.2) is 4.79 Å². The van der Waals surface area contributed by atoms with E-state index in [9.17, 15) is 34.2 Å². The summed E-state index contributed by atoms with van der Waals surface area (Å²) in [6, 6.07) is 10.4. The van der Waals surface area contributed by atoms with Gasteiger partial charge in [-0.3, -0.25) is 24.2 Å². The van der Waals surface area contributed by atoms with Gasteiger partial charge in [0.2, 0.25) is 11.8 Å². The minimum absolute atomic E-state index is 0.0656. The lowest BCUT2D eigenvalue weighted by Crippen LogP contribution is -2.71. The third-order valence-electron chi connectivity index (χ3n) is 7.03. The Balaban J connectivity index is 1.34. The van der Waals surface area contributed by atoms with Crippen molar-refractivity contribution in [2.75, 3.05) is 0 Å². The molecule has 2 aliphatic heterocycles. The summed E-state index contributed by atoms with van der Waals surface area (Å²) in [6.45, 7) is 3.44. The van der Waals surface area contributed by atoms with E-state index in [1.165, 1.54) is 53.1 Å². The lowest BCUT2D eigenvalue weighted by molar-refractivity contribution is -0.161. The second-order valence-electron chi connectivity index (χ2n) is 10.3. The van der Waals surface area contributed by atoms with E-state index in [1.807, 2.05) is 6.07 Å². The van der Waals surface area contributed by atoms with Crippen molar-refractivity contribution in [3.63, 3.8) is 0 Å². The van der Waals surface area contributed by atoms with E-state index in [4.69, 9.17) is 0 Å². The molecule has 216 valence electrons. The average molecular weight is 590 g/mol. The molecular formula is C29H27N5O7S. The van der Waals surface area contributed by atoms with Crippen LogP contribution in [-0.4, -0.2) is 71.0 Å². The number of carbonyl (C=O) groups excluding carboxylic acids is 3. The van der Waals surface area contributed by atoms with Gasteiger partial charge in [0.1, 0.15) is 34.8 Å². The first-order chi connectivity index (χ1) is 20.0. The average Bonchev–Trinajstić information content (AvgIpc) is 3.22. The number of aromatic hydroxyl groups is 1. The van der Waals surface area contributed by atoms with Crippen LogP contribution in [0.15, 0.2) is 65.6 Å². The van der Waals surface area contributed by atoms with Gasteiger partial charge in [0.15, 0.2) is 0 Å². The van der Waals surface area contributed by atoms with Gasteiger partial charge in [-0.15, -0.1) is 11.8 Å². The number of aromatic amines is 1. The number of hydrogen-bond donors (Lipinski definition) is 5. The summed E-state index contributed by atoms with van der Waals surface area (Å²) in [5.74, 6) is -3.32. The highest BCUT2D eigenvalue weighted by Crippen LogP contribution is 2.50. The summed E-state index contributed by atoms with van der Waals surface area (Å²) < 4.78 is -0.782. The molecule has 1 aromatic carbocycles. The largest absolute Gasteiger partial charge is 0.508 e. The molecule has 0 spiro atoms. The number of fused-ring (bicyclic) bond motifs is 1. The smallest absolute Gasteiger partial charge is 0.327 e. The molecule has 4 atom stereocenters. The molecule has 5 N–H and O–H groups in total. The molecule has 0 saturated carbocycles. The van der Waals surface area contributed by atoms with Crippen molar-refractivity contribution in [2.24, 2.45) is 0 Å². The molecule has 12 nitrogen and oxygen atoms in total. The zero-order valence-electron chi connectivity index (χ0n) is 22.5. The number of hydrogen-bond acceptors (Lipinski definition) is 8. The molecular weight excluding hydrogens is 562 g/mol. The van der Waals surface area contributed by atoms with Crippen molar-refractivity contribution in [3.05, 3.63) is 93.7 Å². The van der Waals surface area contributed by atoms with Crippen LogP contribution in [-0.2, 0) is 14.4 Å². The summed E-state index contributed by atoms with van der Waals surface area (Å²) >= 11 is 1.27. The molecule has 42 heavy (non-hydrogen) atoms. The van der Waals surface area contributed by atoms with Gasteiger partial charge in [0.05, 0.1) is 5.69 Å². The standard InChI is InChI=1S/C29H27N5O7S/c1-29(2)22(28(40)41)34-26(39)21(27(34)42-29)33-25(38)20(15-6-11-18(35)12-7-15)32-24(37)19-13-10-17(31-23(19)36)9-8-16-5-3-4-14-30-16/h3-14,20-22,27,35H,1-2H3,(H,31,36)(H,32,37)(H,33,38)(H,40,41)/b9-8+/t20-,21+,22-,27+/m0/s1. The van der Waals surface area contributed by atoms with Crippen molar-refractivity contribution in [1.29, 1.82) is 0 Å². The number of H-pyrrole nitrogens is 1. The number of carbonyl (C=O) groups is 4. The van der Waals surface area contributed by atoms with Crippen LogP contribution in [0.3, 0.4) is 0 Å². The zero-order valence-corrected chi connectivity index (χ0v) is 23.3. The van der Waals surface area contributed by atoms with Gasteiger partial charge in [-0.05, 0) is 68.0 Å². The number of nitrogens with one attached hydrogen (secondary N) is 3. The number of aromatic nitrogens is 2. The summed E-state index contributed by atoms with van der Waals surface area (Å²) in [5.41, 5.74) is 0.463. The molecule has 13 heteroatoms. The van der Waals surface area contributed by atoms with Crippen LogP contribution < -0.4 is 16.2 Å². The molecule has 2 aromatic heterocycles. The number of aliphatic carboxylic acids is 1. The number of benzene rings is 1. The van der Waals surface area contributed by atoms with Crippen molar-refractivity contribution in [1.82, 2.24) is 25.5 Å². The number of rotatable bonds is 8. The third kappa shape index (κ3) is 5.50. The lowest BCUT2D eigenvalue weighted by atomic mass is 9.95. The Bertz CT molecular complexity index is 1640. The molecule has 2 fully saturated rings. The van der Waals surface area contributed by atoms with Crippen LogP contribution in [0.2, 0.25) is 0 Å². The van der Waals surface area contributed by atoms with Crippen LogP contribution in [0, 0.1) is 0 Å². The molecule has 3 aromatic rings. The minimum Gasteiger partial charge on any atom is -0.508 e. The first kappa shape index (κ1) is 28.6. The fourth-order valence-corrected chi connectivity index (χ4v) is 6.60. The summed E-state index contributed by atoms with van der Waals surface area (Å²) in [4.78, 5) is 72.2. The predicted molar refractivity (Wildman–Crippen MR) is 154 cm³/mol. The van der Waals surface area contributed by atoms with Crippen LogP contribution in [0.25, 0.3) is 12.2 Å². The highest BCUT2D eigenvalue weighted by atomic mass is 32.2. The zero-order chi connectivity index (χ0) is 30.2. The maximum Gasteiger partial charge on any atom is 0.327 e. The molecule has 0 aliphatic carbocycles. The number of thioether (sulfide) groups is 1. The number of phenolic OH excluding ortho intramolecular Hbond substituents is 1. The predicted octanol–water partition coefficient (Wildman–Crippen LogP) is 1.75. The topological polar surface area (TPSA) is 182 Å². The maximum atomic E-state index is 13.5. The third-order valence-corrected chi connectivity index (χ3v) is 8.61. The monoisotopic (exact) mass is 589 g/mol. The molecule has 2 aliphatic rings. The van der Waals surface area contributed by atoms with Gasteiger partial charge in [0, 0.05) is 16.6 Å². The van der Waals surface area contributed by atoms with Crippen molar-refractivity contribution in [3.8, 4) is 5.75 Å². The van der Waals surface area contributed by atoms with Crippen LogP contribution in [0.1, 0.15) is 47.2 Å². The van der Waals surface area contributed by atoms with Crippen LogP contribution in [0.4, 0.5) is 0 Å². The summed E-state index contributed by atoms with van der Waals surface area (Å²) in [5, 5.41) is 24.0. The van der Waals surface area contributed by atoms with Crippen molar-refractivity contribution < 1.29 is 29.4 Å².